The molecule has 1 aromatic carbocycles. The molecule has 3 nitrogen and oxygen atoms in total. The van der Waals surface area contributed by atoms with Gasteiger partial charge >= 0.3 is 5.97 Å². The number of carboxylic acid groups (broad SMARTS) is 1. The van der Waals surface area contributed by atoms with E-state index in [0.29, 0.717) is 5.56 Å². The Morgan fingerprint density at radius 3 is 2.61 bits per heavy atom. The highest BCUT2D eigenvalue weighted by Gasteiger charge is 2.10. The second kappa shape index (κ2) is 4.91. The topological polar surface area (TPSA) is 50.2 Å². The zero-order chi connectivity index (χ0) is 13.1. The predicted molar refractivity (Wildman–Crippen MR) is 60.9 cm³/mol. The molecule has 0 aliphatic heterocycles. The summed E-state index contributed by atoms with van der Waals surface area (Å²) in [5, 5.41) is 8.60. The molecule has 0 saturated heterocycles. The van der Waals surface area contributed by atoms with E-state index in [1.165, 1.54) is 30.5 Å². The molecular formula is C13H9F2NO2. The molecule has 0 aliphatic rings. The van der Waals surface area contributed by atoms with Crippen molar-refractivity contribution in [3.63, 3.8) is 0 Å². The van der Waals surface area contributed by atoms with Gasteiger partial charge in [-0.1, -0.05) is 12.1 Å². The lowest BCUT2D eigenvalue weighted by atomic mass is 10.1. The molecule has 18 heavy (non-hydrogen) atoms. The molecule has 0 unspecified atom stereocenters. The van der Waals surface area contributed by atoms with Crippen LogP contribution in [0.5, 0.6) is 0 Å². The summed E-state index contributed by atoms with van der Waals surface area (Å²) in [4.78, 5) is 14.4. The smallest absolute Gasteiger partial charge is 0.307 e. The van der Waals surface area contributed by atoms with Crippen LogP contribution in [0.25, 0.3) is 11.3 Å². The largest absolute Gasteiger partial charge is 0.481 e. The van der Waals surface area contributed by atoms with Crippen molar-refractivity contribution < 1.29 is 18.7 Å². The van der Waals surface area contributed by atoms with Crippen molar-refractivity contribution in [1.82, 2.24) is 4.98 Å². The molecule has 92 valence electrons. The van der Waals surface area contributed by atoms with Crippen LogP contribution in [0.3, 0.4) is 0 Å². The highest BCUT2D eigenvalue weighted by atomic mass is 19.2. The molecule has 0 fully saturated rings. The third-order valence-electron chi connectivity index (χ3n) is 2.41. The van der Waals surface area contributed by atoms with Crippen molar-refractivity contribution in [3.05, 3.63) is 53.7 Å². The van der Waals surface area contributed by atoms with Gasteiger partial charge in [-0.05, 0) is 23.8 Å². The summed E-state index contributed by atoms with van der Waals surface area (Å²) in [7, 11) is 0. The van der Waals surface area contributed by atoms with Gasteiger partial charge in [0.25, 0.3) is 0 Å². The molecule has 1 heterocycles. The second-order valence-corrected chi connectivity index (χ2v) is 3.72. The first kappa shape index (κ1) is 12.2. The van der Waals surface area contributed by atoms with Crippen molar-refractivity contribution >= 4 is 5.97 Å². The van der Waals surface area contributed by atoms with Gasteiger partial charge in [-0.25, -0.2) is 8.78 Å². The van der Waals surface area contributed by atoms with E-state index in [4.69, 9.17) is 5.11 Å². The van der Waals surface area contributed by atoms with E-state index in [2.05, 4.69) is 4.98 Å². The average molecular weight is 249 g/mol. The third kappa shape index (κ3) is 2.51. The number of pyridine rings is 1. The Labute approximate surface area is 102 Å². The van der Waals surface area contributed by atoms with Crippen LogP contribution in [-0.4, -0.2) is 16.1 Å². The molecule has 0 atom stereocenters. The van der Waals surface area contributed by atoms with Crippen molar-refractivity contribution in [3.8, 4) is 11.3 Å². The summed E-state index contributed by atoms with van der Waals surface area (Å²) in [5.41, 5.74) is 0.820. The van der Waals surface area contributed by atoms with Crippen molar-refractivity contribution in [2.75, 3.05) is 0 Å². The molecule has 1 aromatic heterocycles. The summed E-state index contributed by atoms with van der Waals surface area (Å²) in [6.07, 6.45) is 1.19. The Kier molecular flexibility index (Phi) is 3.32. The van der Waals surface area contributed by atoms with Gasteiger partial charge in [0.2, 0.25) is 0 Å². The summed E-state index contributed by atoms with van der Waals surface area (Å²) < 4.78 is 26.5. The first-order valence-corrected chi connectivity index (χ1v) is 5.19. The van der Waals surface area contributed by atoms with Crippen LogP contribution in [0.2, 0.25) is 0 Å². The molecular weight excluding hydrogens is 240 g/mol. The Hall–Kier alpha value is -2.30. The van der Waals surface area contributed by atoms with Crippen LogP contribution < -0.4 is 0 Å². The second-order valence-electron chi connectivity index (χ2n) is 3.72. The summed E-state index contributed by atoms with van der Waals surface area (Å²) >= 11 is 0. The molecule has 2 aromatic rings. The van der Waals surface area contributed by atoms with E-state index in [1.54, 1.807) is 0 Å². The fraction of sp³-hybridized carbons (Fsp3) is 0.0769. The van der Waals surface area contributed by atoms with Crippen LogP contribution in [0.15, 0.2) is 36.5 Å². The number of nitrogens with zero attached hydrogens (tertiary/aromatic N) is 1. The van der Waals surface area contributed by atoms with Gasteiger partial charge in [0, 0.05) is 11.8 Å². The lowest BCUT2D eigenvalue weighted by molar-refractivity contribution is -0.136. The SMILES string of the molecule is O=C(O)Cc1ccc(-c2cccc(F)c2F)nc1. The van der Waals surface area contributed by atoms with Crippen LogP contribution in [0.1, 0.15) is 5.56 Å². The average Bonchev–Trinajstić information content (AvgIpc) is 2.33. The number of benzene rings is 1. The minimum Gasteiger partial charge on any atom is -0.481 e. The number of carbonyl (C=O) groups is 1. The minimum atomic E-state index is -0.971. The van der Waals surface area contributed by atoms with E-state index < -0.39 is 17.6 Å². The van der Waals surface area contributed by atoms with E-state index >= 15 is 0 Å². The molecule has 0 spiro atoms. The number of aliphatic carboxylic acids is 1. The Balaban J connectivity index is 2.34. The van der Waals surface area contributed by atoms with E-state index in [1.807, 2.05) is 0 Å². The van der Waals surface area contributed by atoms with Crippen molar-refractivity contribution in [2.45, 2.75) is 6.42 Å². The van der Waals surface area contributed by atoms with E-state index in [9.17, 15) is 13.6 Å². The number of carboxylic acids is 1. The van der Waals surface area contributed by atoms with Crippen LogP contribution in [0, 0.1) is 11.6 Å². The van der Waals surface area contributed by atoms with E-state index in [-0.39, 0.29) is 17.7 Å². The monoisotopic (exact) mass is 249 g/mol. The molecule has 0 saturated carbocycles. The van der Waals surface area contributed by atoms with Crippen LogP contribution in [-0.2, 0) is 11.2 Å². The quantitative estimate of drug-likeness (QED) is 0.909. The molecule has 0 bridgehead atoms. The van der Waals surface area contributed by atoms with Gasteiger partial charge in [-0.2, -0.15) is 0 Å². The summed E-state index contributed by atoms with van der Waals surface area (Å²) in [5.74, 6) is -2.87. The van der Waals surface area contributed by atoms with Crippen LogP contribution in [0.4, 0.5) is 8.78 Å². The predicted octanol–water partition coefficient (Wildman–Crippen LogP) is 2.65. The number of hydrogen-bond acceptors (Lipinski definition) is 2. The van der Waals surface area contributed by atoms with Gasteiger partial charge in [0.1, 0.15) is 0 Å². The van der Waals surface area contributed by atoms with Gasteiger partial charge in [0.05, 0.1) is 12.1 Å². The van der Waals surface area contributed by atoms with Crippen molar-refractivity contribution in [2.24, 2.45) is 0 Å². The fourth-order valence-electron chi connectivity index (χ4n) is 1.56. The summed E-state index contributed by atoms with van der Waals surface area (Å²) in [6.45, 7) is 0. The fourth-order valence-corrected chi connectivity index (χ4v) is 1.56. The maximum Gasteiger partial charge on any atom is 0.307 e. The van der Waals surface area contributed by atoms with E-state index in [0.717, 1.165) is 6.07 Å². The normalized spacial score (nSPS) is 10.3. The number of rotatable bonds is 3. The van der Waals surface area contributed by atoms with Gasteiger partial charge < -0.3 is 5.11 Å². The lowest BCUT2D eigenvalue weighted by Crippen LogP contribution is -2.00. The third-order valence-corrected chi connectivity index (χ3v) is 2.41. The van der Waals surface area contributed by atoms with Gasteiger partial charge in [-0.15, -0.1) is 0 Å². The van der Waals surface area contributed by atoms with Gasteiger partial charge in [0.15, 0.2) is 11.6 Å². The van der Waals surface area contributed by atoms with Crippen molar-refractivity contribution in [1.29, 1.82) is 0 Å². The molecule has 5 heteroatoms. The first-order valence-electron chi connectivity index (χ1n) is 5.19. The molecule has 0 amide bonds. The Morgan fingerprint density at radius 2 is 2.00 bits per heavy atom. The first-order chi connectivity index (χ1) is 8.58. The standard InChI is InChI=1S/C13H9F2NO2/c14-10-3-1-2-9(13(10)15)11-5-4-8(7-16-11)6-12(17)18/h1-5,7H,6H2,(H,17,18). The molecule has 1 N–H and O–H groups in total. The van der Waals surface area contributed by atoms with Crippen LogP contribution >= 0.6 is 0 Å². The summed E-state index contributed by atoms with van der Waals surface area (Å²) in [6, 6.07) is 6.83. The lowest BCUT2D eigenvalue weighted by Gasteiger charge is -2.04. The maximum absolute atomic E-state index is 13.5. The molecule has 0 radical (unpaired) electrons. The maximum atomic E-state index is 13.5. The highest BCUT2D eigenvalue weighted by Crippen LogP contribution is 2.22. The molecule has 2 rings (SSSR count). The minimum absolute atomic E-state index is 0.0527. The number of aromatic nitrogens is 1. The Morgan fingerprint density at radius 1 is 1.22 bits per heavy atom. The number of halogens is 2. The zero-order valence-corrected chi connectivity index (χ0v) is 9.23. The van der Waals surface area contributed by atoms with Gasteiger partial charge in [-0.3, -0.25) is 9.78 Å². The molecule has 0 aliphatic carbocycles. The zero-order valence-electron chi connectivity index (χ0n) is 9.23. The Bertz CT molecular complexity index is 582. The number of hydrogen-bond donors (Lipinski definition) is 1. The highest BCUT2D eigenvalue weighted by molar-refractivity contribution is 5.70.